The first kappa shape index (κ1) is 15.5. The van der Waals surface area contributed by atoms with Gasteiger partial charge in [-0.2, -0.15) is 13.2 Å². The fourth-order valence-corrected chi connectivity index (χ4v) is 0.431. The van der Waals surface area contributed by atoms with Crippen LogP contribution in [-0.2, 0) is 0 Å². The van der Waals surface area contributed by atoms with Gasteiger partial charge in [-0.15, -0.1) is 0 Å². The Balaban J connectivity index is 0. The monoisotopic (exact) mass is 206 g/mol. The molecule has 0 nitrogen and oxygen atoms in total. The van der Waals surface area contributed by atoms with Crippen LogP contribution in [0.25, 0.3) is 0 Å². The van der Waals surface area contributed by atoms with Gasteiger partial charge in [0.2, 0.25) is 0 Å². The second-order valence-corrected chi connectivity index (χ2v) is 2.37. The highest BCUT2D eigenvalue weighted by Crippen LogP contribution is 2.25. The molecule has 0 fully saturated rings. The Morgan fingerprint density at radius 3 is 1.86 bits per heavy atom. The average molecular weight is 206 g/mol. The Kier molecular flexibility index (Phi) is 8.20. The molecule has 0 N–H and O–H groups in total. The van der Waals surface area contributed by atoms with Crippen LogP contribution in [0.15, 0.2) is 36.5 Å². The summed E-state index contributed by atoms with van der Waals surface area (Å²) in [5.41, 5.74) is -0.197. The van der Waals surface area contributed by atoms with Gasteiger partial charge < -0.3 is 0 Å². The van der Waals surface area contributed by atoms with Crippen LogP contribution in [-0.4, -0.2) is 6.18 Å². The van der Waals surface area contributed by atoms with Crippen molar-refractivity contribution >= 4 is 0 Å². The third kappa shape index (κ3) is 7.65. The first-order valence-corrected chi connectivity index (χ1v) is 4.50. The van der Waals surface area contributed by atoms with Gasteiger partial charge in [0.05, 0.1) is 0 Å². The van der Waals surface area contributed by atoms with Gasteiger partial charge in [-0.05, 0) is 6.42 Å². The van der Waals surface area contributed by atoms with E-state index < -0.39 is 11.7 Å². The van der Waals surface area contributed by atoms with Gasteiger partial charge >= 0.3 is 6.18 Å². The summed E-state index contributed by atoms with van der Waals surface area (Å²) in [4.78, 5) is 0. The summed E-state index contributed by atoms with van der Waals surface area (Å²) in [6, 6.07) is 0. The molecule has 82 valence electrons. The molecule has 0 saturated carbocycles. The lowest BCUT2D eigenvalue weighted by atomic mass is 10.2. The fraction of sp³-hybridized carbons (Fsp3) is 0.455. The van der Waals surface area contributed by atoms with Crippen molar-refractivity contribution in [1.29, 1.82) is 0 Å². The van der Waals surface area contributed by atoms with E-state index in [-0.39, 0.29) is 0 Å². The molecule has 0 rings (SSSR count). The highest BCUT2D eigenvalue weighted by atomic mass is 19.4. The molecule has 0 amide bonds. The Labute approximate surface area is 83.8 Å². The van der Waals surface area contributed by atoms with Gasteiger partial charge in [0, 0.05) is 5.57 Å². The fourth-order valence-electron chi connectivity index (χ4n) is 0.431. The average Bonchev–Trinajstić information content (AvgIpc) is 2.15. The molecule has 14 heavy (non-hydrogen) atoms. The lowest BCUT2D eigenvalue weighted by molar-refractivity contribution is -0.0878. The number of hydrogen-bond acceptors (Lipinski definition) is 0. The Morgan fingerprint density at radius 2 is 1.57 bits per heavy atom. The predicted molar refractivity (Wildman–Crippen MR) is 55.1 cm³/mol. The van der Waals surface area contributed by atoms with Gasteiger partial charge in [0.15, 0.2) is 0 Å². The predicted octanol–water partition coefficient (Wildman–Crippen LogP) is 4.65. The highest BCUT2D eigenvalue weighted by molar-refractivity contribution is 5.26. The molecule has 0 spiro atoms. The summed E-state index contributed by atoms with van der Waals surface area (Å²) in [7, 11) is 0. The lowest BCUT2D eigenvalue weighted by Gasteiger charge is -2.04. The third-order valence-electron chi connectivity index (χ3n) is 1.34. The summed E-state index contributed by atoms with van der Waals surface area (Å²) in [5.74, 6) is 0. The van der Waals surface area contributed by atoms with Crippen LogP contribution in [0.2, 0.25) is 0 Å². The number of rotatable bonds is 3. The van der Waals surface area contributed by atoms with Crippen LogP contribution in [0.5, 0.6) is 0 Å². The first-order valence-electron chi connectivity index (χ1n) is 4.50. The second kappa shape index (κ2) is 7.42. The van der Waals surface area contributed by atoms with Crippen molar-refractivity contribution in [3.8, 4) is 0 Å². The molecule has 0 aliphatic rings. The quantitative estimate of drug-likeness (QED) is 0.589. The molecule has 0 atom stereocenters. The van der Waals surface area contributed by atoms with Gasteiger partial charge in [-0.3, -0.25) is 0 Å². The lowest BCUT2D eigenvalue weighted by Crippen LogP contribution is -2.08. The molecule has 0 aromatic heterocycles. The van der Waals surface area contributed by atoms with Crippen molar-refractivity contribution < 1.29 is 13.2 Å². The van der Waals surface area contributed by atoms with Crippen LogP contribution in [0.4, 0.5) is 13.2 Å². The highest BCUT2D eigenvalue weighted by Gasteiger charge is 2.29. The van der Waals surface area contributed by atoms with Crippen molar-refractivity contribution in [2.24, 2.45) is 0 Å². The van der Waals surface area contributed by atoms with Crippen LogP contribution >= 0.6 is 0 Å². The van der Waals surface area contributed by atoms with E-state index in [9.17, 15) is 13.2 Å². The molecule has 3 heteroatoms. The maximum atomic E-state index is 11.8. The van der Waals surface area contributed by atoms with Crippen LogP contribution in [0, 0.1) is 0 Å². The zero-order chi connectivity index (χ0) is 11.8. The molecule has 0 aromatic carbocycles. The summed E-state index contributed by atoms with van der Waals surface area (Å²) in [6.45, 7) is 12.2. The van der Waals surface area contributed by atoms with Gasteiger partial charge in [-0.25, -0.2) is 0 Å². The van der Waals surface area contributed by atoms with Crippen LogP contribution in [0.1, 0.15) is 27.2 Å². The zero-order valence-electron chi connectivity index (χ0n) is 8.91. The minimum atomic E-state index is -4.33. The van der Waals surface area contributed by atoms with E-state index in [0.29, 0.717) is 12.0 Å². The molecular weight excluding hydrogens is 189 g/mol. The van der Waals surface area contributed by atoms with E-state index in [2.05, 4.69) is 13.2 Å². The van der Waals surface area contributed by atoms with Gasteiger partial charge in [-0.1, -0.05) is 51.7 Å². The van der Waals surface area contributed by atoms with Crippen molar-refractivity contribution in [3.05, 3.63) is 36.5 Å². The minimum absolute atomic E-state index is 0.641. The normalized spacial score (nSPS) is 10.7. The SMILES string of the molecule is C=C(/C=C\C(=C)C(F)(F)F)CC.CC. The van der Waals surface area contributed by atoms with Crippen molar-refractivity contribution in [3.63, 3.8) is 0 Å². The number of alkyl halides is 3. The van der Waals surface area contributed by atoms with Crippen molar-refractivity contribution in [2.45, 2.75) is 33.4 Å². The maximum Gasteiger partial charge on any atom is 0.415 e. The number of allylic oxidation sites excluding steroid dienone is 4. The topological polar surface area (TPSA) is 0 Å². The standard InChI is InChI=1S/C9H11F3.C2H6/c1-4-7(2)5-6-8(3)9(10,11)12;1-2/h5-6H,2-4H2,1H3;1-2H3/b6-5-;. The molecule has 0 unspecified atom stereocenters. The first-order chi connectivity index (χ1) is 6.38. The summed E-state index contributed by atoms with van der Waals surface area (Å²) in [5, 5.41) is 0. The summed E-state index contributed by atoms with van der Waals surface area (Å²) < 4.78 is 35.5. The second-order valence-electron chi connectivity index (χ2n) is 2.37. The van der Waals surface area contributed by atoms with Gasteiger partial charge in [0.25, 0.3) is 0 Å². The van der Waals surface area contributed by atoms with E-state index in [4.69, 9.17) is 0 Å². The van der Waals surface area contributed by atoms with Crippen molar-refractivity contribution in [2.75, 3.05) is 0 Å². The number of halogens is 3. The van der Waals surface area contributed by atoms with Crippen molar-refractivity contribution in [1.82, 2.24) is 0 Å². The molecule has 0 radical (unpaired) electrons. The number of hydrogen-bond donors (Lipinski definition) is 0. The smallest absolute Gasteiger partial charge is 0.166 e. The molecule has 0 saturated heterocycles. The molecule has 0 aromatic rings. The van der Waals surface area contributed by atoms with E-state index in [1.807, 2.05) is 20.8 Å². The molecule has 0 bridgehead atoms. The third-order valence-corrected chi connectivity index (χ3v) is 1.34. The Bertz CT molecular complexity index is 209. The van der Waals surface area contributed by atoms with E-state index in [1.54, 1.807) is 0 Å². The Hall–Kier alpha value is -0.990. The van der Waals surface area contributed by atoms with Crippen LogP contribution in [0.3, 0.4) is 0 Å². The zero-order valence-corrected chi connectivity index (χ0v) is 8.91. The van der Waals surface area contributed by atoms with E-state index in [0.717, 1.165) is 6.08 Å². The largest absolute Gasteiger partial charge is 0.415 e. The molecule has 0 aliphatic heterocycles. The maximum absolute atomic E-state index is 11.8. The summed E-state index contributed by atoms with van der Waals surface area (Å²) >= 11 is 0. The minimum Gasteiger partial charge on any atom is -0.166 e. The van der Waals surface area contributed by atoms with E-state index in [1.165, 1.54) is 6.08 Å². The molecule has 0 aliphatic carbocycles. The van der Waals surface area contributed by atoms with Gasteiger partial charge in [0.1, 0.15) is 0 Å². The Morgan fingerprint density at radius 1 is 1.14 bits per heavy atom. The molecular formula is C11H17F3. The summed E-state index contributed by atoms with van der Waals surface area (Å²) in [6.07, 6.45) is -1.42. The molecule has 0 heterocycles. The van der Waals surface area contributed by atoms with Crippen LogP contribution < -0.4 is 0 Å². The van der Waals surface area contributed by atoms with E-state index >= 15 is 0 Å².